The second-order valence-corrected chi connectivity index (χ2v) is 20.7. The third kappa shape index (κ3) is 13.1. The van der Waals surface area contributed by atoms with Gasteiger partial charge in [0, 0.05) is 94.3 Å². The van der Waals surface area contributed by atoms with Gasteiger partial charge >= 0.3 is 24.2 Å². The zero-order chi connectivity index (χ0) is 50.0. The third-order valence-electron chi connectivity index (χ3n) is 13.2. The molecule has 69 heavy (non-hydrogen) atoms. The highest BCUT2D eigenvalue weighted by atomic mass is 19.4. The molecule has 5 heterocycles. The lowest BCUT2D eigenvalue weighted by Gasteiger charge is -2.36. The maximum Gasteiger partial charge on any atom is 0.408 e. The number of piperazine rings is 1. The van der Waals surface area contributed by atoms with E-state index in [9.17, 15) is 37.5 Å². The van der Waals surface area contributed by atoms with E-state index in [-0.39, 0.29) is 26.1 Å². The summed E-state index contributed by atoms with van der Waals surface area (Å²) in [6.07, 6.45) is 1.91. The molecule has 0 bridgehead atoms. The summed E-state index contributed by atoms with van der Waals surface area (Å²) in [7, 11) is 1.55. The summed E-state index contributed by atoms with van der Waals surface area (Å²) in [4.78, 5) is 62.9. The molecule has 3 atom stereocenters. The number of fused-ring (bicyclic) bond motifs is 1. The number of nitrogens with zero attached hydrogens (tertiary/aromatic N) is 6. The smallest absolute Gasteiger partial charge is 0.408 e. The van der Waals surface area contributed by atoms with E-state index in [0.29, 0.717) is 71.8 Å². The molecule has 1 aliphatic carbocycles. The predicted molar refractivity (Wildman–Crippen MR) is 255 cm³/mol. The van der Waals surface area contributed by atoms with E-state index in [2.05, 4.69) is 26.6 Å². The van der Waals surface area contributed by atoms with Gasteiger partial charge < -0.3 is 34.1 Å². The SMILES string of the molecule is COC(C)c1ncc(N2CCN(C3CC3)CC2)cc1-c1c(CC(C)(C)COC(C)=O)c2cc(C3=CCCN(CC(NC(=O)OC(C)(C)C)C(=O)N4CCC[C@@H](C(=O)O)N4)C3)ccc2n1CC(F)(F)F. The van der Waals surface area contributed by atoms with Crippen LogP contribution in [-0.2, 0) is 41.6 Å². The summed E-state index contributed by atoms with van der Waals surface area (Å²) in [5.74, 6) is -2.06. The van der Waals surface area contributed by atoms with Crippen molar-refractivity contribution < 1.29 is 51.7 Å². The number of hydrogen-bond donors (Lipinski definition) is 3. The highest BCUT2D eigenvalue weighted by Crippen LogP contribution is 2.44. The van der Waals surface area contributed by atoms with Gasteiger partial charge in [0.15, 0.2) is 0 Å². The standard InChI is InChI=1S/C50H69F3N8O8/c1-31(67-8)43-38(24-36(26-54-43)59-21-19-58(20-22-59)35-14-15-35)44-39(25-49(6,7)30-68-32(2)62)37-23-33(13-16-42(37)60(44)29-50(51,52)53)34-11-9-17-57(27-34)28-41(55-47(66)69-48(3,4)5)45(63)61-18-10-12-40(56-61)46(64)65/h11,13,16,23-24,26,31,35,40-41,56H,9-10,12,14-15,17-22,25,27-30H2,1-8H3,(H,55,66)(H,64,65)/t31?,40-,41?/m0/s1. The molecule has 3 N–H and O–H groups in total. The Hall–Kier alpha value is -5.24. The number of carboxylic acid groups (broad SMARTS) is 1. The van der Waals surface area contributed by atoms with Gasteiger partial charge in [0.05, 0.1) is 36.0 Å². The number of benzene rings is 1. The van der Waals surface area contributed by atoms with Crippen molar-refractivity contribution in [3.8, 4) is 11.3 Å². The number of hydrogen-bond acceptors (Lipinski definition) is 12. The summed E-state index contributed by atoms with van der Waals surface area (Å²) in [5.41, 5.74) is 6.08. The molecule has 1 saturated carbocycles. The van der Waals surface area contributed by atoms with E-state index in [1.54, 1.807) is 40.1 Å². The minimum Gasteiger partial charge on any atom is -0.480 e. The number of hydrazine groups is 1. The van der Waals surface area contributed by atoms with Crippen molar-refractivity contribution in [1.29, 1.82) is 0 Å². The number of carbonyl (C=O) groups is 4. The van der Waals surface area contributed by atoms with Crippen LogP contribution in [0.15, 0.2) is 36.5 Å². The molecule has 2 aromatic heterocycles. The van der Waals surface area contributed by atoms with Crippen molar-refractivity contribution in [2.45, 2.75) is 130 Å². The zero-order valence-electron chi connectivity index (χ0n) is 41.2. The Kier molecular flexibility index (Phi) is 15.7. The Bertz CT molecular complexity index is 2400. The maximum atomic E-state index is 15.0. The number of methoxy groups -OCH3 is 1. The molecule has 3 aromatic rings. The first-order valence-corrected chi connectivity index (χ1v) is 24.1. The molecule has 7 rings (SSSR count). The predicted octanol–water partition coefficient (Wildman–Crippen LogP) is 6.95. The number of nitrogens with one attached hydrogen (secondary N) is 2. The molecule has 378 valence electrons. The quantitative estimate of drug-likeness (QED) is 0.126. The molecule has 4 aliphatic rings. The average molecular weight is 967 g/mol. The molecule has 2 saturated heterocycles. The van der Waals surface area contributed by atoms with Gasteiger partial charge in [0.25, 0.3) is 5.91 Å². The molecule has 0 spiro atoms. The highest BCUT2D eigenvalue weighted by molar-refractivity contribution is 5.95. The van der Waals surface area contributed by atoms with E-state index < -0.39 is 65.9 Å². The largest absolute Gasteiger partial charge is 0.480 e. The van der Waals surface area contributed by atoms with Gasteiger partial charge in [0.1, 0.15) is 24.2 Å². The zero-order valence-corrected chi connectivity index (χ0v) is 41.2. The molecule has 2 amide bonds. The molecule has 0 radical (unpaired) electrons. The van der Waals surface area contributed by atoms with Crippen molar-refractivity contribution >= 4 is 46.1 Å². The Balaban J connectivity index is 1.29. The molecular weight excluding hydrogens is 898 g/mol. The first-order chi connectivity index (χ1) is 32.5. The van der Waals surface area contributed by atoms with E-state index in [1.807, 2.05) is 43.9 Å². The third-order valence-corrected chi connectivity index (χ3v) is 13.2. The number of alkyl carbamates (subject to hydrolysis) is 1. The summed E-state index contributed by atoms with van der Waals surface area (Å²) < 4.78 is 63.2. The van der Waals surface area contributed by atoms with Gasteiger partial charge in [0.2, 0.25) is 0 Å². The number of carboxylic acids is 1. The van der Waals surface area contributed by atoms with Crippen molar-refractivity contribution in [3.63, 3.8) is 0 Å². The maximum absolute atomic E-state index is 15.0. The second-order valence-electron chi connectivity index (χ2n) is 20.7. The fourth-order valence-electron chi connectivity index (χ4n) is 9.70. The number of pyridine rings is 1. The fraction of sp³-hybridized carbons (Fsp3) is 0.620. The number of ether oxygens (including phenoxy) is 3. The highest BCUT2D eigenvalue weighted by Gasteiger charge is 2.38. The van der Waals surface area contributed by atoms with Crippen LogP contribution in [0.25, 0.3) is 27.7 Å². The molecule has 1 aromatic carbocycles. The van der Waals surface area contributed by atoms with Crippen molar-refractivity contribution in [1.82, 2.24) is 35.1 Å². The van der Waals surface area contributed by atoms with Crippen molar-refractivity contribution in [3.05, 3.63) is 53.4 Å². The van der Waals surface area contributed by atoms with Gasteiger partial charge in [-0.1, -0.05) is 26.0 Å². The molecule has 16 nitrogen and oxygen atoms in total. The van der Waals surface area contributed by atoms with E-state index >= 15 is 0 Å². The number of amides is 2. The van der Waals surface area contributed by atoms with Gasteiger partial charge in [-0.3, -0.25) is 34.2 Å². The van der Waals surface area contributed by atoms with Gasteiger partial charge in [-0.2, -0.15) is 13.2 Å². The van der Waals surface area contributed by atoms with Gasteiger partial charge in [-0.25, -0.2) is 10.2 Å². The van der Waals surface area contributed by atoms with Crippen LogP contribution in [0.2, 0.25) is 0 Å². The van der Waals surface area contributed by atoms with Gasteiger partial charge in [-0.15, -0.1) is 0 Å². The molecule has 3 fully saturated rings. The normalized spacial score (nSPS) is 19.8. The Morgan fingerprint density at radius 2 is 1.71 bits per heavy atom. The molecule has 3 aliphatic heterocycles. The Morgan fingerprint density at radius 1 is 0.986 bits per heavy atom. The Morgan fingerprint density at radius 3 is 2.35 bits per heavy atom. The second kappa shape index (κ2) is 21.0. The van der Waals surface area contributed by atoms with E-state index in [4.69, 9.17) is 19.2 Å². The monoisotopic (exact) mass is 967 g/mol. The van der Waals surface area contributed by atoms with Crippen LogP contribution >= 0.6 is 0 Å². The lowest BCUT2D eigenvalue weighted by molar-refractivity contribution is -0.148. The topological polar surface area (TPSA) is 171 Å². The average Bonchev–Trinajstić information content (AvgIpc) is 4.11. The number of alkyl halides is 3. The van der Waals surface area contributed by atoms with Crippen LogP contribution in [-0.4, -0.2) is 149 Å². The minimum atomic E-state index is -4.60. The first-order valence-electron chi connectivity index (χ1n) is 24.1. The summed E-state index contributed by atoms with van der Waals surface area (Å²) in [6, 6.07) is 5.99. The van der Waals surface area contributed by atoms with Crippen molar-refractivity contribution in [2.24, 2.45) is 5.41 Å². The van der Waals surface area contributed by atoms with Crippen LogP contribution in [0.1, 0.15) is 103 Å². The number of aliphatic carboxylic acids is 1. The molecule has 19 heteroatoms. The number of rotatable bonds is 16. The van der Waals surface area contributed by atoms with Crippen LogP contribution in [0.4, 0.5) is 23.7 Å². The first kappa shape index (κ1) is 51.6. The summed E-state index contributed by atoms with van der Waals surface area (Å²) >= 11 is 0. The van der Waals surface area contributed by atoms with Crippen LogP contribution in [0.3, 0.4) is 0 Å². The number of anilines is 1. The number of aromatic nitrogens is 2. The van der Waals surface area contributed by atoms with E-state index in [0.717, 1.165) is 43.0 Å². The Labute approximate surface area is 402 Å². The van der Waals surface area contributed by atoms with Crippen LogP contribution in [0, 0.1) is 5.41 Å². The summed E-state index contributed by atoms with van der Waals surface area (Å²) in [5, 5.41) is 14.3. The van der Waals surface area contributed by atoms with Crippen LogP contribution in [0.5, 0.6) is 0 Å². The van der Waals surface area contributed by atoms with Gasteiger partial charge in [-0.05, 0) is 101 Å². The van der Waals surface area contributed by atoms with Crippen molar-refractivity contribution in [2.75, 3.05) is 71.0 Å². The van der Waals surface area contributed by atoms with E-state index in [1.165, 1.54) is 29.3 Å². The lowest BCUT2D eigenvalue weighted by atomic mass is 9.84. The number of carbonyl (C=O) groups excluding carboxylic acids is 3. The summed E-state index contributed by atoms with van der Waals surface area (Å²) in [6.45, 7) is 15.3. The number of esters is 1. The minimum absolute atomic E-state index is 0.0273. The molecule has 2 unspecified atom stereocenters. The number of halogens is 3. The lowest BCUT2D eigenvalue weighted by Crippen LogP contribution is -2.62. The molecular formula is C50H69F3N8O8. The van der Waals surface area contributed by atoms with Crippen LogP contribution < -0.4 is 15.6 Å². The fourth-order valence-corrected chi connectivity index (χ4v) is 9.70.